The predicted octanol–water partition coefficient (Wildman–Crippen LogP) is 2.48. The van der Waals surface area contributed by atoms with Crippen LogP contribution in [0.2, 0.25) is 0 Å². The SMILES string of the molecule is COCCOCCOCCOCCOCCOCCOc1c(C)cc(C)cc1N(C)C. The van der Waals surface area contributed by atoms with Crippen LogP contribution in [0.1, 0.15) is 11.1 Å². The van der Waals surface area contributed by atoms with Gasteiger partial charge in [-0.05, 0) is 31.0 Å². The smallest absolute Gasteiger partial charge is 0.145 e. The van der Waals surface area contributed by atoms with Gasteiger partial charge in [-0.25, -0.2) is 0 Å². The van der Waals surface area contributed by atoms with Gasteiger partial charge >= 0.3 is 0 Å². The van der Waals surface area contributed by atoms with Crippen LogP contribution in [0.4, 0.5) is 5.69 Å². The molecule has 0 heterocycles. The summed E-state index contributed by atoms with van der Waals surface area (Å²) in [5.74, 6) is 0.912. The lowest BCUT2D eigenvalue weighted by Gasteiger charge is -2.20. The highest BCUT2D eigenvalue weighted by atomic mass is 16.6. The molecule has 0 N–H and O–H groups in total. The van der Waals surface area contributed by atoms with Gasteiger partial charge in [-0.3, -0.25) is 0 Å². The molecule has 0 aromatic heterocycles. The molecule has 1 aromatic carbocycles. The van der Waals surface area contributed by atoms with Crippen molar-refractivity contribution >= 4 is 5.69 Å². The Morgan fingerprint density at radius 2 is 1.03 bits per heavy atom. The first-order valence-corrected chi connectivity index (χ1v) is 10.8. The van der Waals surface area contributed by atoms with Crippen LogP contribution in [0.3, 0.4) is 0 Å². The molecule has 8 nitrogen and oxygen atoms in total. The van der Waals surface area contributed by atoms with Gasteiger partial charge < -0.3 is 38.1 Å². The lowest BCUT2D eigenvalue weighted by atomic mass is 10.1. The summed E-state index contributed by atoms with van der Waals surface area (Å²) >= 11 is 0. The van der Waals surface area contributed by atoms with Crippen LogP contribution in [-0.4, -0.2) is 100 Å². The van der Waals surface area contributed by atoms with Crippen molar-refractivity contribution in [3.8, 4) is 5.75 Å². The average molecular weight is 444 g/mol. The second kappa shape index (κ2) is 18.2. The predicted molar refractivity (Wildman–Crippen MR) is 122 cm³/mol. The van der Waals surface area contributed by atoms with Crippen molar-refractivity contribution in [2.24, 2.45) is 0 Å². The van der Waals surface area contributed by atoms with Crippen molar-refractivity contribution in [1.29, 1.82) is 0 Å². The Hall–Kier alpha value is -1.42. The molecular weight excluding hydrogens is 402 g/mol. The number of hydrogen-bond acceptors (Lipinski definition) is 8. The summed E-state index contributed by atoms with van der Waals surface area (Å²) in [6, 6.07) is 4.26. The molecule has 0 bridgehead atoms. The maximum Gasteiger partial charge on any atom is 0.145 e. The monoisotopic (exact) mass is 443 g/mol. The summed E-state index contributed by atoms with van der Waals surface area (Å²) in [4.78, 5) is 2.07. The topological polar surface area (TPSA) is 67.9 Å². The molecule has 31 heavy (non-hydrogen) atoms. The lowest BCUT2D eigenvalue weighted by Crippen LogP contribution is -2.16. The summed E-state index contributed by atoms with van der Waals surface area (Å²) < 4.78 is 38.1. The maximum absolute atomic E-state index is 5.96. The zero-order chi connectivity index (χ0) is 22.7. The fourth-order valence-electron chi connectivity index (χ4n) is 2.78. The van der Waals surface area contributed by atoms with Crippen molar-refractivity contribution in [2.75, 3.05) is 105 Å². The molecule has 0 aliphatic rings. The van der Waals surface area contributed by atoms with Crippen LogP contribution in [0.15, 0.2) is 12.1 Å². The standard InChI is InChI=1S/C23H41NO7/c1-20-18-21(2)23(22(19-20)24(3)4)31-17-16-30-15-14-29-13-12-28-11-10-27-9-8-26-7-6-25-5/h18-19H,6-17H2,1-5H3. The molecule has 0 unspecified atom stereocenters. The molecule has 0 saturated heterocycles. The molecule has 1 rings (SSSR count). The first kappa shape index (κ1) is 27.6. The molecule has 0 aliphatic carbocycles. The van der Waals surface area contributed by atoms with Crippen molar-refractivity contribution in [2.45, 2.75) is 13.8 Å². The van der Waals surface area contributed by atoms with Gasteiger partial charge in [0.25, 0.3) is 0 Å². The van der Waals surface area contributed by atoms with E-state index in [1.807, 2.05) is 14.1 Å². The van der Waals surface area contributed by atoms with Gasteiger partial charge in [-0.2, -0.15) is 0 Å². The third-order valence-electron chi connectivity index (χ3n) is 4.28. The van der Waals surface area contributed by atoms with Gasteiger partial charge in [-0.15, -0.1) is 0 Å². The maximum atomic E-state index is 5.96. The molecule has 0 atom stereocenters. The van der Waals surface area contributed by atoms with E-state index in [0.717, 1.165) is 17.0 Å². The minimum atomic E-state index is 0.505. The Morgan fingerprint density at radius 3 is 1.45 bits per heavy atom. The Labute approximate surface area is 187 Å². The normalized spacial score (nSPS) is 11.1. The van der Waals surface area contributed by atoms with E-state index in [4.69, 9.17) is 33.2 Å². The Morgan fingerprint density at radius 1 is 0.613 bits per heavy atom. The quantitative estimate of drug-likeness (QED) is 0.285. The number of benzene rings is 1. The first-order chi connectivity index (χ1) is 15.1. The van der Waals surface area contributed by atoms with E-state index in [1.165, 1.54) is 5.56 Å². The summed E-state index contributed by atoms with van der Waals surface area (Å²) in [6.07, 6.45) is 0. The van der Waals surface area contributed by atoms with Gasteiger partial charge in [0.15, 0.2) is 0 Å². The molecule has 180 valence electrons. The van der Waals surface area contributed by atoms with Crippen molar-refractivity contribution < 1.29 is 33.2 Å². The molecule has 0 aliphatic heterocycles. The molecule has 8 heteroatoms. The van der Waals surface area contributed by atoms with Crippen LogP contribution in [0, 0.1) is 13.8 Å². The minimum Gasteiger partial charge on any atom is -0.489 e. The Balaban J connectivity index is 1.92. The van der Waals surface area contributed by atoms with Crippen LogP contribution >= 0.6 is 0 Å². The second-order valence-corrected chi connectivity index (χ2v) is 7.23. The minimum absolute atomic E-state index is 0.505. The molecule has 0 fully saturated rings. The summed E-state index contributed by atoms with van der Waals surface area (Å²) in [5, 5.41) is 0. The van der Waals surface area contributed by atoms with E-state index in [1.54, 1.807) is 7.11 Å². The largest absolute Gasteiger partial charge is 0.489 e. The number of methoxy groups -OCH3 is 1. The van der Waals surface area contributed by atoms with Crippen LogP contribution in [-0.2, 0) is 28.4 Å². The third kappa shape index (κ3) is 13.6. The third-order valence-corrected chi connectivity index (χ3v) is 4.28. The fraction of sp³-hybridized carbons (Fsp3) is 0.739. The van der Waals surface area contributed by atoms with Crippen LogP contribution in [0.25, 0.3) is 0 Å². The lowest BCUT2D eigenvalue weighted by molar-refractivity contribution is -0.0159. The Bertz CT molecular complexity index is 569. The van der Waals surface area contributed by atoms with Crippen LogP contribution in [0.5, 0.6) is 5.75 Å². The summed E-state index contributed by atoms with van der Waals surface area (Å²) in [6.45, 7) is 10.7. The first-order valence-electron chi connectivity index (χ1n) is 10.8. The highest BCUT2D eigenvalue weighted by Gasteiger charge is 2.10. The van der Waals surface area contributed by atoms with Gasteiger partial charge in [0, 0.05) is 21.2 Å². The van der Waals surface area contributed by atoms with Gasteiger partial charge in [0.2, 0.25) is 0 Å². The number of hydrogen-bond donors (Lipinski definition) is 0. The zero-order valence-corrected chi connectivity index (χ0v) is 19.9. The molecule has 0 amide bonds. The van der Waals surface area contributed by atoms with E-state index >= 15 is 0 Å². The Kier molecular flexibility index (Phi) is 16.2. The molecule has 1 aromatic rings. The number of ether oxygens (including phenoxy) is 7. The fourth-order valence-corrected chi connectivity index (χ4v) is 2.78. The molecule has 0 radical (unpaired) electrons. The van der Waals surface area contributed by atoms with Crippen molar-refractivity contribution in [1.82, 2.24) is 0 Å². The molecular formula is C23H41NO7. The van der Waals surface area contributed by atoms with E-state index < -0.39 is 0 Å². The zero-order valence-electron chi connectivity index (χ0n) is 19.9. The summed E-state index contributed by atoms with van der Waals surface area (Å²) in [5.41, 5.74) is 3.44. The second-order valence-electron chi connectivity index (χ2n) is 7.23. The van der Waals surface area contributed by atoms with Crippen molar-refractivity contribution in [3.63, 3.8) is 0 Å². The number of aryl methyl sites for hydroxylation is 2. The van der Waals surface area contributed by atoms with E-state index in [2.05, 4.69) is 30.9 Å². The number of anilines is 1. The molecule has 0 saturated carbocycles. The molecule has 0 spiro atoms. The van der Waals surface area contributed by atoms with Gasteiger partial charge in [0.05, 0.1) is 78.4 Å². The van der Waals surface area contributed by atoms with E-state index in [0.29, 0.717) is 79.3 Å². The highest BCUT2D eigenvalue weighted by Crippen LogP contribution is 2.32. The van der Waals surface area contributed by atoms with E-state index in [9.17, 15) is 0 Å². The van der Waals surface area contributed by atoms with Gasteiger partial charge in [-0.1, -0.05) is 6.07 Å². The van der Waals surface area contributed by atoms with Crippen LogP contribution < -0.4 is 9.64 Å². The number of nitrogens with zero attached hydrogens (tertiary/aromatic N) is 1. The van der Waals surface area contributed by atoms with E-state index in [-0.39, 0.29) is 0 Å². The van der Waals surface area contributed by atoms with Crippen molar-refractivity contribution in [3.05, 3.63) is 23.3 Å². The average Bonchev–Trinajstić information content (AvgIpc) is 2.73. The highest BCUT2D eigenvalue weighted by molar-refractivity contribution is 5.62. The number of rotatable bonds is 20. The summed E-state index contributed by atoms with van der Waals surface area (Å²) in [7, 11) is 5.69. The van der Waals surface area contributed by atoms with Gasteiger partial charge in [0.1, 0.15) is 12.4 Å².